The topological polar surface area (TPSA) is 6.48 Å². The molecule has 3 fully saturated rings. The predicted octanol–water partition coefficient (Wildman–Crippen LogP) is 4.01. The van der Waals surface area contributed by atoms with Gasteiger partial charge in [-0.1, -0.05) is 40.0 Å². The number of hydrogen-bond acceptors (Lipinski definition) is 2. The monoisotopic (exact) mass is 292 g/mol. The Balaban J connectivity index is 1.54. The Kier molecular flexibility index (Phi) is 5.27. The Hall–Kier alpha value is -0.0800. The molecular weight excluding hydrogens is 256 g/mol. The van der Waals surface area contributed by atoms with Gasteiger partial charge in [-0.3, -0.25) is 9.80 Å². The Bertz CT molecular complexity index is 328. The first kappa shape index (κ1) is 15.8. The highest BCUT2D eigenvalue weighted by atomic mass is 15.3. The largest absolute Gasteiger partial charge is 0.298 e. The quantitative estimate of drug-likeness (QED) is 0.772. The van der Waals surface area contributed by atoms with Gasteiger partial charge in [0, 0.05) is 25.2 Å². The molecule has 0 N–H and O–H groups in total. The number of fused-ring (bicyclic) bond motifs is 1. The van der Waals surface area contributed by atoms with Crippen LogP contribution in [-0.2, 0) is 0 Å². The van der Waals surface area contributed by atoms with Gasteiger partial charge in [0.1, 0.15) is 0 Å². The molecule has 0 amide bonds. The summed E-state index contributed by atoms with van der Waals surface area (Å²) in [7, 11) is 0. The lowest BCUT2D eigenvalue weighted by Crippen LogP contribution is -2.58. The van der Waals surface area contributed by atoms with Crippen molar-refractivity contribution >= 4 is 0 Å². The lowest BCUT2D eigenvalue weighted by molar-refractivity contribution is 0.0241. The maximum absolute atomic E-state index is 2.87. The minimum atomic E-state index is 0.803. The summed E-state index contributed by atoms with van der Waals surface area (Å²) in [4.78, 5) is 5.65. The van der Waals surface area contributed by atoms with Gasteiger partial charge in [0.25, 0.3) is 0 Å². The molecule has 1 aliphatic carbocycles. The second kappa shape index (κ2) is 7.00. The first-order chi connectivity index (χ1) is 10.1. The predicted molar refractivity (Wildman–Crippen MR) is 90.5 cm³/mol. The van der Waals surface area contributed by atoms with Gasteiger partial charge in [-0.15, -0.1) is 0 Å². The third-order valence-electron chi connectivity index (χ3n) is 6.47. The number of nitrogens with zero attached hydrogens (tertiary/aromatic N) is 2. The van der Waals surface area contributed by atoms with E-state index < -0.39 is 0 Å². The van der Waals surface area contributed by atoms with E-state index in [1.165, 1.54) is 71.1 Å². The van der Waals surface area contributed by atoms with E-state index in [4.69, 9.17) is 0 Å². The third kappa shape index (κ3) is 3.82. The molecule has 2 saturated heterocycles. The second-order valence-electron chi connectivity index (χ2n) is 8.52. The summed E-state index contributed by atoms with van der Waals surface area (Å²) < 4.78 is 0. The minimum Gasteiger partial charge on any atom is -0.298 e. The molecule has 3 aliphatic rings. The molecule has 0 aromatic heterocycles. The van der Waals surface area contributed by atoms with Crippen LogP contribution >= 0.6 is 0 Å². The van der Waals surface area contributed by atoms with Crippen molar-refractivity contribution in [1.82, 2.24) is 9.80 Å². The molecule has 1 saturated carbocycles. The van der Waals surface area contributed by atoms with Crippen LogP contribution in [0.4, 0.5) is 0 Å². The molecule has 0 aromatic carbocycles. The van der Waals surface area contributed by atoms with Crippen LogP contribution in [-0.4, -0.2) is 48.1 Å². The van der Waals surface area contributed by atoms with Crippen molar-refractivity contribution in [2.45, 2.75) is 77.8 Å². The van der Waals surface area contributed by atoms with E-state index >= 15 is 0 Å². The van der Waals surface area contributed by atoms with Crippen LogP contribution in [0.25, 0.3) is 0 Å². The van der Waals surface area contributed by atoms with Crippen LogP contribution in [0.3, 0.4) is 0 Å². The second-order valence-corrected chi connectivity index (χ2v) is 8.52. The van der Waals surface area contributed by atoms with Gasteiger partial charge >= 0.3 is 0 Å². The molecule has 21 heavy (non-hydrogen) atoms. The Morgan fingerprint density at radius 2 is 1.90 bits per heavy atom. The van der Waals surface area contributed by atoms with Crippen molar-refractivity contribution in [2.24, 2.45) is 17.8 Å². The highest BCUT2D eigenvalue weighted by Crippen LogP contribution is 2.32. The van der Waals surface area contributed by atoms with Crippen LogP contribution in [0.15, 0.2) is 0 Å². The van der Waals surface area contributed by atoms with E-state index in [0.717, 1.165) is 29.8 Å². The highest BCUT2D eigenvalue weighted by Gasteiger charge is 2.37. The summed E-state index contributed by atoms with van der Waals surface area (Å²) in [6, 6.07) is 1.69. The fourth-order valence-electron chi connectivity index (χ4n) is 5.16. The summed E-state index contributed by atoms with van der Waals surface area (Å²) in [5.41, 5.74) is 0. The van der Waals surface area contributed by atoms with E-state index in [9.17, 15) is 0 Å². The molecule has 4 unspecified atom stereocenters. The molecule has 2 nitrogen and oxygen atoms in total. The van der Waals surface area contributed by atoms with Crippen LogP contribution in [0.1, 0.15) is 65.7 Å². The van der Waals surface area contributed by atoms with Gasteiger partial charge in [-0.05, 0) is 56.5 Å². The van der Waals surface area contributed by atoms with Gasteiger partial charge in [0.05, 0.1) is 0 Å². The zero-order chi connectivity index (χ0) is 14.8. The van der Waals surface area contributed by atoms with E-state index in [-0.39, 0.29) is 0 Å². The summed E-state index contributed by atoms with van der Waals surface area (Å²) in [5.74, 6) is 2.80. The molecule has 4 atom stereocenters. The van der Waals surface area contributed by atoms with Crippen LogP contribution in [0.5, 0.6) is 0 Å². The molecule has 0 bridgehead atoms. The van der Waals surface area contributed by atoms with Crippen molar-refractivity contribution in [3.8, 4) is 0 Å². The van der Waals surface area contributed by atoms with Crippen LogP contribution in [0, 0.1) is 17.8 Å². The lowest BCUT2D eigenvalue weighted by atomic mass is 9.80. The maximum atomic E-state index is 2.87. The molecule has 2 heterocycles. The summed E-state index contributed by atoms with van der Waals surface area (Å²) in [6.45, 7) is 12.7. The first-order valence-electron chi connectivity index (χ1n) is 9.61. The van der Waals surface area contributed by atoms with Crippen molar-refractivity contribution in [3.05, 3.63) is 0 Å². The fourth-order valence-corrected chi connectivity index (χ4v) is 5.16. The normalized spacial score (nSPS) is 38.9. The Morgan fingerprint density at radius 1 is 1.05 bits per heavy atom. The lowest BCUT2D eigenvalue weighted by Gasteiger charge is -2.46. The van der Waals surface area contributed by atoms with Crippen molar-refractivity contribution in [3.63, 3.8) is 0 Å². The number of rotatable bonds is 4. The number of piperazine rings is 1. The standard InChI is InChI=1S/C19H36N2/c1-15(2)19-14-20-10-5-8-18(20)13-21(19)11-9-17-7-4-6-16(3)12-17/h15-19H,4-14H2,1-3H3. The van der Waals surface area contributed by atoms with Crippen LogP contribution < -0.4 is 0 Å². The molecule has 0 aromatic rings. The molecule has 2 heteroatoms. The molecule has 2 aliphatic heterocycles. The SMILES string of the molecule is CC1CCCC(CCN2CC3CCCN3CC2C(C)C)C1. The maximum Gasteiger partial charge on any atom is 0.0246 e. The van der Waals surface area contributed by atoms with Gasteiger partial charge in [-0.25, -0.2) is 0 Å². The van der Waals surface area contributed by atoms with Crippen LogP contribution in [0.2, 0.25) is 0 Å². The summed E-state index contributed by atoms with van der Waals surface area (Å²) in [6.07, 6.45) is 10.3. The van der Waals surface area contributed by atoms with E-state index in [1.807, 2.05) is 0 Å². The van der Waals surface area contributed by atoms with Gasteiger partial charge in [0.15, 0.2) is 0 Å². The Labute approximate surface area is 132 Å². The molecule has 122 valence electrons. The van der Waals surface area contributed by atoms with Gasteiger partial charge in [-0.2, -0.15) is 0 Å². The minimum absolute atomic E-state index is 0.803. The first-order valence-corrected chi connectivity index (χ1v) is 9.61. The van der Waals surface area contributed by atoms with Gasteiger partial charge < -0.3 is 0 Å². The highest BCUT2D eigenvalue weighted by molar-refractivity contribution is 4.93. The third-order valence-corrected chi connectivity index (χ3v) is 6.47. The number of hydrogen-bond donors (Lipinski definition) is 0. The van der Waals surface area contributed by atoms with E-state index in [1.54, 1.807) is 0 Å². The Morgan fingerprint density at radius 3 is 2.67 bits per heavy atom. The van der Waals surface area contributed by atoms with Crippen molar-refractivity contribution < 1.29 is 0 Å². The fraction of sp³-hybridized carbons (Fsp3) is 1.00. The molecule has 0 spiro atoms. The zero-order valence-electron chi connectivity index (χ0n) is 14.6. The zero-order valence-corrected chi connectivity index (χ0v) is 14.6. The van der Waals surface area contributed by atoms with Crippen molar-refractivity contribution in [2.75, 3.05) is 26.2 Å². The average Bonchev–Trinajstić information content (AvgIpc) is 2.91. The van der Waals surface area contributed by atoms with Gasteiger partial charge in [0.2, 0.25) is 0 Å². The van der Waals surface area contributed by atoms with E-state index in [0.29, 0.717) is 0 Å². The summed E-state index contributed by atoms with van der Waals surface area (Å²) in [5, 5.41) is 0. The molecular formula is C19H36N2. The van der Waals surface area contributed by atoms with Crippen molar-refractivity contribution in [1.29, 1.82) is 0 Å². The summed E-state index contributed by atoms with van der Waals surface area (Å²) >= 11 is 0. The average molecular weight is 293 g/mol. The van der Waals surface area contributed by atoms with E-state index in [2.05, 4.69) is 30.6 Å². The smallest absolute Gasteiger partial charge is 0.0246 e. The molecule has 0 radical (unpaired) electrons. The molecule has 3 rings (SSSR count).